The van der Waals surface area contributed by atoms with Crippen LogP contribution in [0.15, 0.2) is 0 Å². The highest BCUT2D eigenvalue weighted by Gasteiger charge is 2.66. The monoisotopic (exact) mass is 2170 g/mol. The van der Waals surface area contributed by atoms with Gasteiger partial charge >= 0.3 is 11.9 Å². The van der Waals surface area contributed by atoms with Crippen molar-refractivity contribution < 1.29 is 302 Å². The van der Waals surface area contributed by atoms with Crippen LogP contribution in [-0.4, -0.2) is 630 Å². The predicted molar refractivity (Wildman–Crippen MR) is 456 cm³/mol. The molecular formula is C82H137N5O61. The molecule has 0 bridgehead atoms. The highest BCUT2D eigenvalue weighted by Crippen LogP contribution is 2.45. The van der Waals surface area contributed by atoms with Crippen LogP contribution in [0.1, 0.15) is 54.4 Å². The van der Waals surface area contributed by atoms with Crippen LogP contribution in [0.3, 0.4) is 0 Å². The Bertz CT molecular complexity index is 4200. The lowest BCUT2D eigenvalue weighted by atomic mass is 9.88. The van der Waals surface area contributed by atoms with E-state index in [1.165, 1.54) is 0 Å². The van der Waals surface area contributed by atoms with Gasteiger partial charge in [0.2, 0.25) is 29.5 Å². The number of carboxylic acids is 2. The van der Waals surface area contributed by atoms with Crippen molar-refractivity contribution in [3.8, 4) is 0 Å². The number of amides is 5. The van der Waals surface area contributed by atoms with E-state index in [0.717, 1.165) is 41.5 Å². The number of rotatable bonds is 45. The van der Waals surface area contributed by atoms with Crippen molar-refractivity contribution in [2.45, 2.75) is 397 Å². The van der Waals surface area contributed by atoms with E-state index < -0.39 is 469 Å². The molecule has 56 atom stereocenters. The van der Waals surface area contributed by atoms with Crippen LogP contribution >= 0.6 is 0 Å². The molecule has 856 valence electrons. The summed E-state index contributed by atoms with van der Waals surface area (Å²) >= 11 is 0. The van der Waals surface area contributed by atoms with Crippen molar-refractivity contribution in [3.05, 3.63) is 0 Å². The molecule has 0 unspecified atom stereocenters. The summed E-state index contributed by atoms with van der Waals surface area (Å²) in [6, 6.07) is -10.4. The molecule has 10 heterocycles. The third-order valence-corrected chi connectivity index (χ3v) is 26.5. The molecule has 0 aliphatic carbocycles. The van der Waals surface area contributed by atoms with E-state index in [4.69, 9.17) is 94.7 Å². The summed E-state index contributed by atoms with van der Waals surface area (Å²) in [7, 11) is 0. The van der Waals surface area contributed by atoms with Crippen LogP contribution in [0.4, 0.5) is 0 Å². The maximum Gasteiger partial charge on any atom is 0.364 e. The van der Waals surface area contributed by atoms with E-state index in [9.17, 15) is 207 Å². The molecule has 0 saturated carbocycles. The quantitative estimate of drug-likeness (QED) is 0.0269. The Morgan fingerprint density at radius 3 is 1.07 bits per heavy atom. The van der Waals surface area contributed by atoms with Gasteiger partial charge in [0.25, 0.3) is 11.6 Å². The number of aliphatic hydroxyl groups excluding tert-OH is 32. The molecule has 39 N–H and O–H groups in total. The first kappa shape index (κ1) is 124. The Hall–Kier alpha value is -5.79. The summed E-state index contributed by atoms with van der Waals surface area (Å²) in [5.74, 6) is -16.8. The molecule has 66 heteroatoms. The average molecular weight is 2170 g/mol. The number of carbonyl (C=O) groups is 7. The van der Waals surface area contributed by atoms with Gasteiger partial charge in [0.05, 0.1) is 103 Å². The molecule has 10 rings (SSSR count). The standard InChI is InChI=1S/C82H137N5O61/c1-20-44(108)54(118)56(120)74(131-20)143-67-43(87-25(6)101)71(136-36(17-96)62(67)140-76-58(122)68(50(114)34(15-94)134-76)144-72-41(85-23(4)99)63(49(113)33(14-93)132-72)141-75-57(121)55(119)48(112)32(13-92)133-75)129-18-37-53(117)69(59(123)77(138-37)139-61(31(107)12-91)45(109)28(104)9-88)145-73-42(86-24(5)100)64(52(116)38(137-73)19-130-81(79(125)126)7-26(102)39(83-21(2)97)65(146-81)46(110)29(105)10-89)142-78-60(124)70(51(115)35(16-95)135-78)148-82(80(127)128)8-27(103)40(84-22(3)98)66(147-82)47(111)30(106)11-90/h20,26-78,88-96,102-124H,7-19H2,1-6H3,(H,83,97)(H,84,98)(H,85,99)(H,86,100)(H,87,101)(H,125,126)(H,127,128)/t20-,26-,27-,28-,29+,30+,31+,32+,33+,34+,35+,36+,37+,38+,39+,40+,41+,42+,43+,44+,45+,46+,47+,48-,49+,50-,51-,52+,53-,54+,55-,56-,57+,58+,59+,60+,61+,62+,63+,64+,65+,66+,67+,68-,69-,70-,71+,72-,73-,74-,75-,76-,77-,78-,81+,82-/m0/s1. The number of nitrogens with one attached hydrogen (secondary N) is 5. The predicted octanol–water partition coefficient (Wildman–Crippen LogP) is -25.2. The lowest BCUT2D eigenvalue weighted by Crippen LogP contribution is -2.72. The third-order valence-electron chi connectivity index (χ3n) is 26.5. The summed E-state index contributed by atoms with van der Waals surface area (Å²) < 4.78 is 120. The van der Waals surface area contributed by atoms with E-state index in [0.29, 0.717) is 0 Å². The van der Waals surface area contributed by atoms with Gasteiger partial charge in [-0.1, -0.05) is 0 Å². The Morgan fingerprint density at radius 2 is 0.628 bits per heavy atom. The van der Waals surface area contributed by atoms with Gasteiger partial charge in [0, 0.05) is 47.5 Å². The Labute approximate surface area is 836 Å². The lowest BCUT2D eigenvalue weighted by Gasteiger charge is -2.52. The van der Waals surface area contributed by atoms with Gasteiger partial charge < -0.3 is 295 Å². The molecule has 0 aromatic heterocycles. The van der Waals surface area contributed by atoms with E-state index in [-0.39, 0.29) is 0 Å². The fourth-order valence-electron chi connectivity index (χ4n) is 18.7. The molecule has 0 aromatic carbocycles. The van der Waals surface area contributed by atoms with Crippen LogP contribution in [0.2, 0.25) is 0 Å². The minimum atomic E-state index is -3.51. The van der Waals surface area contributed by atoms with Crippen LogP contribution in [0, 0.1) is 0 Å². The minimum Gasteiger partial charge on any atom is -0.477 e. The molecule has 10 fully saturated rings. The van der Waals surface area contributed by atoms with Gasteiger partial charge in [-0.2, -0.15) is 0 Å². The zero-order valence-electron chi connectivity index (χ0n) is 79.6. The van der Waals surface area contributed by atoms with Crippen molar-refractivity contribution in [2.24, 2.45) is 0 Å². The number of aliphatic hydroxyl groups is 32. The van der Waals surface area contributed by atoms with E-state index in [2.05, 4.69) is 26.6 Å². The number of hydrogen-bond donors (Lipinski definition) is 39. The fourth-order valence-corrected chi connectivity index (χ4v) is 18.7. The van der Waals surface area contributed by atoms with Gasteiger partial charge in [0.1, 0.15) is 250 Å². The van der Waals surface area contributed by atoms with Gasteiger partial charge in [-0.25, -0.2) is 9.59 Å². The SMILES string of the molecule is CC(=O)N[C@H]1[C@H](OC[C@H]2O[C@@H](O[C@@H]([C@H](O)[C@@H](O)CO)[C@H](O)CO)[C@H](O)[C@@H](O[C@@H]3O[C@H](CO[C@]4(C(=O)O)C[C@H](O)[C@@H](NC(C)=O)[C@H]([C@H](O)[C@H](O)CO)O4)[C@@H](O)[C@H](O[C@@H]4O[C@H](CO)[C@H](O)[C@H](O[C@]5(C(=O)O)C[C@H](O)[C@@H](NC(C)=O)[C@H]([C@H](O)[C@H](O)CO)O5)[C@H]4O)[C@H]3NC(C)=O)[C@H]2O)O[C@H](CO)[C@@H](O[C@@H]2O[C@H](CO)[C@H](O)[C@H](O[C@@H]3O[C@H](CO)[C@@H](O)[C@H](O[C@@H]4O[C@H](CO)[C@H](O)[C@H](O)[C@H]4O)[C@H]3NC(C)=O)[C@H]2O)[C@@H]1O[C@@H]1O[C@@H](C)[C@@H](O)[C@@H](O)[C@@H]1O. The molecule has 148 heavy (non-hydrogen) atoms. The van der Waals surface area contributed by atoms with Crippen molar-refractivity contribution in [2.75, 3.05) is 72.7 Å². The molecule has 0 spiro atoms. The van der Waals surface area contributed by atoms with Crippen molar-refractivity contribution >= 4 is 41.5 Å². The zero-order valence-corrected chi connectivity index (χ0v) is 79.6. The molecule has 0 radical (unpaired) electrons. The van der Waals surface area contributed by atoms with Crippen LogP contribution in [0.5, 0.6) is 0 Å². The second-order valence-corrected chi connectivity index (χ2v) is 37.1. The fraction of sp³-hybridized carbons (Fsp3) is 0.915. The Balaban J connectivity index is 1.06. The smallest absolute Gasteiger partial charge is 0.364 e. The number of carbonyl (C=O) groups excluding carboxylic acids is 5. The number of ether oxygens (including phenoxy) is 20. The van der Waals surface area contributed by atoms with Crippen molar-refractivity contribution in [1.29, 1.82) is 0 Å². The number of aliphatic carboxylic acids is 2. The molecule has 10 aliphatic rings. The molecule has 10 aliphatic heterocycles. The molecule has 0 aromatic rings. The summed E-state index contributed by atoms with van der Waals surface area (Å²) in [6.07, 6.45) is -118. The molecule has 66 nitrogen and oxygen atoms in total. The van der Waals surface area contributed by atoms with Gasteiger partial charge in [-0.15, -0.1) is 0 Å². The summed E-state index contributed by atoms with van der Waals surface area (Å²) in [4.78, 5) is 93.4. The maximum atomic E-state index is 13.9. The normalized spacial score (nSPS) is 44.7. The van der Waals surface area contributed by atoms with Gasteiger partial charge in [0.15, 0.2) is 50.3 Å². The first-order valence-electron chi connectivity index (χ1n) is 46.7. The highest BCUT2D eigenvalue weighted by atomic mass is 16.8. The summed E-state index contributed by atoms with van der Waals surface area (Å²) in [5.41, 5.74) is 0. The maximum absolute atomic E-state index is 13.9. The largest absolute Gasteiger partial charge is 0.477 e. The van der Waals surface area contributed by atoms with Gasteiger partial charge in [-0.3, -0.25) is 24.0 Å². The van der Waals surface area contributed by atoms with Crippen molar-refractivity contribution in [1.82, 2.24) is 26.6 Å². The first-order valence-corrected chi connectivity index (χ1v) is 46.7. The summed E-state index contributed by atoms with van der Waals surface area (Å²) in [5, 5.41) is 394. The Kier molecular flexibility index (Phi) is 45.1. The number of carboxylic acid groups (broad SMARTS) is 2. The first-order chi connectivity index (χ1) is 69.6. The van der Waals surface area contributed by atoms with Gasteiger partial charge in [-0.05, 0) is 6.92 Å². The zero-order chi connectivity index (χ0) is 110. The molecule has 5 amide bonds. The van der Waals surface area contributed by atoms with Crippen LogP contribution < -0.4 is 26.6 Å². The van der Waals surface area contributed by atoms with Crippen LogP contribution in [-0.2, 0) is 128 Å². The Morgan fingerprint density at radius 1 is 0.311 bits per heavy atom. The topological polar surface area (TPSA) is 1050 Å². The second-order valence-electron chi connectivity index (χ2n) is 37.1. The average Bonchev–Trinajstić information content (AvgIpc) is 0.762. The highest BCUT2D eigenvalue weighted by molar-refractivity contribution is 5.78. The lowest BCUT2D eigenvalue weighted by molar-refractivity contribution is -0.392. The number of hydrogen-bond acceptors (Lipinski definition) is 59. The molecule has 10 saturated heterocycles. The van der Waals surface area contributed by atoms with E-state index in [1.54, 1.807) is 0 Å². The second kappa shape index (κ2) is 53.8. The van der Waals surface area contributed by atoms with Crippen LogP contribution in [0.25, 0.3) is 0 Å². The molecular weight excluding hydrogens is 2030 g/mol. The van der Waals surface area contributed by atoms with E-state index >= 15 is 0 Å². The minimum absolute atomic E-state index is 0.732. The third kappa shape index (κ3) is 27.9. The van der Waals surface area contributed by atoms with Crippen molar-refractivity contribution in [3.63, 3.8) is 0 Å². The summed E-state index contributed by atoms with van der Waals surface area (Å²) in [6.45, 7) is -9.31. The van der Waals surface area contributed by atoms with E-state index in [1.807, 2.05) is 0 Å².